The first-order chi connectivity index (χ1) is 18.3. The molecular formula is C27H31F4N5O2S. The minimum absolute atomic E-state index is 0.0423. The third-order valence-corrected chi connectivity index (χ3v) is 8.66. The number of nitrogens with zero attached hydrogens (tertiary/aromatic N) is 4. The predicted molar refractivity (Wildman–Crippen MR) is 141 cm³/mol. The van der Waals surface area contributed by atoms with E-state index in [1.54, 1.807) is 6.07 Å². The second-order valence-electron chi connectivity index (χ2n) is 10.2. The Balaban J connectivity index is 1.56. The van der Waals surface area contributed by atoms with E-state index in [0.717, 1.165) is 43.8 Å². The zero-order chi connectivity index (χ0) is 28.4. The molecule has 7 nitrogen and oxygen atoms in total. The molecule has 1 aliphatic heterocycles. The second kappa shape index (κ2) is 11.1. The molecule has 0 radical (unpaired) electrons. The van der Waals surface area contributed by atoms with Crippen molar-refractivity contribution in [2.75, 3.05) is 36.8 Å². The quantitative estimate of drug-likeness (QED) is 0.360. The van der Waals surface area contributed by atoms with E-state index in [-0.39, 0.29) is 17.1 Å². The molecule has 0 spiro atoms. The van der Waals surface area contributed by atoms with Crippen LogP contribution < -0.4 is 9.62 Å². The first-order valence-corrected chi connectivity index (χ1v) is 14.0. The molecule has 0 aliphatic carbocycles. The van der Waals surface area contributed by atoms with E-state index in [4.69, 9.17) is 0 Å². The van der Waals surface area contributed by atoms with Crippen LogP contribution in [0.25, 0.3) is 0 Å². The molecule has 0 amide bonds. The van der Waals surface area contributed by atoms with Crippen molar-refractivity contribution < 1.29 is 26.0 Å². The van der Waals surface area contributed by atoms with Crippen LogP contribution in [0.4, 0.5) is 29.1 Å². The minimum Gasteiger partial charge on any atom is -0.370 e. The van der Waals surface area contributed by atoms with Crippen LogP contribution in [0.3, 0.4) is 0 Å². The van der Waals surface area contributed by atoms with Crippen molar-refractivity contribution >= 4 is 21.5 Å². The standard InChI is InChI=1S/C27H31F4N5O2S/c1-26(30,31)20-7-4-6-19(14-20)8-11-27(35(2)3)10-5-13-36(17-27)21-15-22(28)25(23(29)16-21)39(37,38)34-24-9-12-32-18-33-24/h4,6-7,9,12,14-16,18H,5,8,10-11,13,17H2,1-3H3,(H,32,33,34)/t27-/m1/s1. The van der Waals surface area contributed by atoms with Gasteiger partial charge in [-0.25, -0.2) is 35.9 Å². The monoisotopic (exact) mass is 565 g/mol. The van der Waals surface area contributed by atoms with E-state index in [9.17, 15) is 17.2 Å². The van der Waals surface area contributed by atoms with Crippen molar-refractivity contribution in [1.82, 2.24) is 14.9 Å². The topological polar surface area (TPSA) is 78.4 Å². The van der Waals surface area contributed by atoms with Crippen molar-refractivity contribution in [2.24, 2.45) is 0 Å². The van der Waals surface area contributed by atoms with Gasteiger partial charge in [-0.15, -0.1) is 0 Å². The Morgan fingerprint density at radius 3 is 2.46 bits per heavy atom. The molecule has 2 aromatic carbocycles. The Morgan fingerprint density at radius 2 is 1.85 bits per heavy atom. The van der Waals surface area contributed by atoms with Crippen molar-refractivity contribution in [2.45, 2.75) is 49.0 Å². The van der Waals surface area contributed by atoms with Gasteiger partial charge in [0.1, 0.15) is 23.8 Å². The highest BCUT2D eigenvalue weighted by molar-refractivity contribution is 7.92. The van der Waals surface area contributed by atoms with Gasteiger partial charge in [0.15, 0.2) is 4.90 Å². The molecule has 0 bridgehead atoms. The van der Waals surface area contributed by atoms with Gasteiger partial charge >= 0.3 is 0 Å². The summed E-state index contributed by atoms with van der Waals surface area (Å²) in [4.78, 5) is 10.2. The van der Waals surface area contributed by atoms with Crippen molar-refractivity contribution in [3.05, 3.63) is 77.8 Å². The van der Waals surface area contributed by atoms with Crippen molar-refractivity contribution in [3.8, 4) is 0 Å². The van der Waals surface area contributed by atoms with E-state index in [2.05, 4.69) is 19.6 Å². The van der Waals surface area contributed by atoms with Gasteiger partial charge in [-0.3, -0.25) is 4.72 Å². The van der Waals surface area contributed by atoms with Gasteiger partial charge in [0, 0.05) is 43.0 Å². The number of alkyl halides is 2. The lowest BCUT2D eigenvalue weighted by Crippen LogP contribution is -2.56. The Morgan fingerprint density at radius 1 is 1.13 bits per heavy atom. The lowest BCUT2D eigenvalue weighted by molar-refractivity contribution is 0.0174. The molecular weight excluding hydrogens is 534 g/mol. The number of aromatic nitrogens is 2. The number of likely N-dealkylation sites (N-methyl/N-ethyl adjacent to an activating group) is 1. The summed E-state index contributed by atoms with van der Waals surface area (Å²) < 4.78 is 85.4. The number of rotatable bonds is 9. The molecule has 1 aromatic heterocycles. The van der Waals surface area contributed by atoms with Crippen LogP contribution in [0.2, 0.25) is 0 Å². The van der Waals surface area contributed by atoms with Crippen LogP contribution >= 0.6 is 0 Å². The highest BCUT2D eigenvalue weighted by Crippen LogP contribution is 2.35. The molecule has 3 aromatic rings. The molecule has 1 aliphatic rings. The van der Waals surface area contributed by atoms with Gasteiger partial charge in [0.05, 0.1) is 0 Å². The SMILES string of the molecule is CN(C)[C@@]1(CCc2cccc(C(C)(F)F)c2)CCCN(c2cc(F)c(S(=O)(=O)Nc3ccncn3)c(F)c2)C1. The van der Waals surface area contributed by atoms with Gasteiger partial charge in [0.2, 0.25) is 0 Å². The number of nitrogens with one attached hydrogen (secondary N) is 1. The van der Waals surface area contributed by atoms with Crippen molar-refractivity contribution in [1.29, 1.82) is 0 Å². The fraction of sp³-hybridized carbons (Fsp3) is 0.407. The summed E-state index contributed by atoms with van der Waals surface area (Å²) in [6, 6.07) is 9.68. The molecule has 0 saturated carbocycles. The summed E-state index contributed by atoms with van der Waals surface area (Å²) in [5.41, 5.74) is 0.578. The van der Waals surface area contributed by atoms with Gasteiger partial charge in [-0.05, 0) is 69.6 Å². The van der Waals surface area contributed by atoms with Gasteiger partial charge in [0.25, 0.3) is 15.9 Å². The molecule has 12 heteroatoms. The number of hydrogen-bond acceptors (Lipinski definition) is 6. The Labute approximate surface area is 225 Å². The van der Waals surface area contributed by atoms with Gasteiger partial charge in [-0.1, -0.05) is 18.2 Å². The molecule has 210 valence electrons. The molecule has 1 N–H and O–H groups in total. The van der Waals surface area contributed by atoms with E-state index >= 15 is 8.78 Å². The van der Waals surface area contributed by atoms with Crippen LogP contribution in [-0.2, 0) is 22.4 Å². The molecule has 1 fully saturated rings. The second-order valence-corrected chi connectivity index (χ2v) is 11.8. The van der Waals surface area contributed by atoms with Gasteiger partial charge in [-0.2, -0.15) is 0 Å². The summed E-state index contributed by atoms with van der Waals surface area (Å²) in [6.45, 7) is 1.82. The van der Waals surface area contributed by atoms with Crippen LogP contribution in [-0.4, -0.2) is 56.0 Å². The zero-order valence-electron chi connectivity index (χ0n) is 22.0. The molecule has 2 heterocycles. The maximum atomic E-state index is 15.1. The number of anilines is 2. The predicted octanol–water partition coefficient (Wildman–Crippen LogP) is 5.20. The van der Waals surface area contributed by atoms with Crippen LogP contribution in [0, 0.1) is 11.6 Å². The maximum Gasteiger partial charge on any atom is 0.270 e. The van der Waals surface area contributed by atoms with Crippen LogP contribution in [0.5, 0.6) is 0 Å². The fourth-order valence-corrected chi connectivity index (χ4v) is 6.16. The highest BCUT2D eigenvalue weighted by atomic mass is 32.2. The molecule has 0 unspecified atom stereocenters. The largest absolute Gasteiger partial charge is 0.370 e. The molecule has 1 saturated heterocycles. The summed E-state index contributed by atoms with van der Waals surface area (Å²) in [7, 11) is -0.730. The van der Waals surface area contributed by atoms with Crippen LogP contribution in [0.1, 0.15) is 37.3 Å². The first kappa shape index (κ1) is 28.8. The summed E-state index contributed by atoms with van der Waals surface area (Å²) >= 11 is 0. The van der Waals surface area contributed by atoms with E-state index < -0.39 is 38.0 Å². The minimum atomic E-state index is -4.58. The lowest BCUT2D eigenvalue weighted by atomic mass is 9.82. The number of sulfonamides is 1. The molecule has 39 heavy (non-hydrogen) atoms. The highest BCUT2D eigenvalue weighted by Gasteiger charge is 2.38. The number of aryl methyl sites for hydroxylation is 1. The van der Waals surface area contributed by atoms with E-state index in [0.29, 0.717) is 25.9 Å². The summed E-state index contributed by atoms with van der Waals surface area (Å²) in [5, 5.41) is 0. The van der Waals surface area contributed by atoms with Crippen molar-refractivity contribution in [3.63, 3.8) is 0 Å². The van der Waals surface area contributed by atoms with Crippen LogP contribution in [0.15, 0.2) is 59.9 Å². The molecule has 4 rings (SSSR count). The third kappa shape index (κ3) is 6.50. The number of piperidine rings is 1. The third-order valence-electron chi connectivity index (χ3n) is 7.25. The Kier molecular flexibility index (Phi) is 8.17. The van der Waals surface area contributed by atoms with Gasteiger partial charge < -0.3 is 9.80 Å². The average Bonchev–Trinajstić information content (AvgIpc) is 2.87. The lowest BCUT2D eigenvalue weighted by Gasteiger charge is -2.48. The summed E-state index contributed by atoms with van der Waals surface area (Å²) in [5.74, 6) is -5.49. The number of hydrogen-bond donors (Lipinski definition) is 1. The summed E-state index contributed by atoms with van der Waals surface area (Å²) in [6.07, 6.45) is 5.12. The Bertz CT molecular complexity index is 1390. The first-order valence-electron chi connectivity index (χ1n) is 12.5. The zero-order valence-corrected chi connectivity index (χ0v) is 22.8. The smallest absolute Gasteiger partial charge is 0.270 e. The average molecular weight is 566 g/mol. The normalized spacial score (nSPS) is 18.4. The van der Waals surface area contributed by atoms with E-state index in [1.165, 1.54) is 24.4 Å². The number of benzene rings is 2. The Hall–Kier alpha value is -3.25. The fourth-order valence-electron chi connectivity index (χ4n) is 5.03. The molecule has 1 atom stereocenters. The number of halogens is 4. The van der Waals surface area contributed by atoms with E-state index in [1.807, 2.05) is 25.1 Å². The maximum absolute atomic E-state index is 15.1.